The van der Waals surface area contributed by atoms with Crippen molar-refractivity contribution in [1.82, 2.24) is 15.6 Å². The maximum absolute atomic E-state index is 5.95. The molecule has 0 bridgehead atoms. The summed E-state index contributed by atoms with van der Waals surface area (Å²) in [7, 11) is 0. The normalized spacial score (nSPS) is 11.7. The van der Waals surface area contributed by atoms with Crippen LogP contribution in [0.1, 0.15) is 50.1 Å². The molecular weight excluding hydrogens is 340 g/mol. The lowest BCUT2D eigenvalue weighted by Crippen LogP contribution is -2.36. The van der Waals surface area contributed by atoms with Crippen molar-refractivity contribution >= 4 is 5.96 Å². The molecule has 27 heavy (non-hydrogen) atoms. The number of aryl methyl sites for hydroxylation is 2. The fraction of sp³-hybridized carbons (Fsp3) is 0.524. The molecule has 0 aliphatic rings. The van der Waals surface area contributed by atoms with E-state index in [4.69, 9.17) is 9.15 Å². The van der Waals surface area contributed by atoms with Crippen molar-refractivity contribution in [2.75, 3.05) is 13.2 Å². The van der Waals surface area contributed by atoms with Gasteiger partial charge in [0.25, 0.3) is 0 Å². The van der Waals surface area contributed by atoms with Crippen LogP contribution in [0, 0.1) is 19.8 Å². The number of para-hydroxylation sites is 1. The minimum atomic E-state index is 0.493. The predicted octanol–water partition coefficient (Wildman–Crippen LogP) is 3.97. The second-order valence-electron chi connectivity index (χ2n) is 6.94. The van der Waals surface area contributed by atoms with Crippen molar-refractivity contribution < 1.29 is 9.15 Å². The van der Waals surface area contributed by atoms with Gasteiger partial charge in [-0.3, -0.25) is 0 Å². The van der Waals surface area contributed by atoms with E-state index in [1.54, 1.807) is 0 Å². The van der Waals surface area contributed by atoms with Crippen LogP contribution in [0.5, 0.6) is 5.75 Å². The number of guanidine groups is 1. The van der Waals surface area contributed by atoms with Crippen molar-refractivity contribution in [3.8, 4) is 5.75 Å². The Morgan fingerprint density at radius 1 is 1.22 bits per heavy atom. The zero-order valence-corrected chi connectivity index (χ0v) is 17.1. The van der Waals surface area contributed by atoms with Crippen molar-refractivity contribution in [2.24, 2.45) is 10.9 Å². The molecule has 1 heterocycles. The molecule has 0 aliphatic heterocycles. The largest absolute Gasteiger partial charge is 0.493 e. The standard InChI is InChI=1S/C21H32N4O2/c1-6-22-21(24-14-20-25-16(4)17(5)27-20)23-13-18-9-7-8-10-19(18)26-12-11-15(2)3/h7-10,15H,6,11-14H2,1-5H3,(H2,22,23,24). The second-order valence-corrected chi connectivity index (χ2v) is 6.94. The SMILES string of the molecule is CCNC(=NCc1ccccc1OCCC(C)C)NCc1nc(C)c(C)o1. The fourth-order valence-corrected chi connectivity index (χ4v) is 2.46. The van der Waals surface area contributed by atoms with Gasteiger partial charge in [-0.2, -0.15) is 0 Å². The average molecular weight is 373 g/mol. The first-order valence-electron chi connectivity index (χ1n) is 9.65. The van der Waals surface area contributed by atoms with Gasteiger partial charge in [0.15, 0.2) is 5.96 Å². The molecule has 2 N–H and O–H groups in total. The summed E-state index contributed by atoms with van der Waals surface area (Å²) in [5.74, 6) is 3.76. The lowest BCUT2D eigenvalue weighted by molar-refractivity contribution is 0.287. The van der Waals surface area contributed by atoms with Crippen LogP contribution >= 0.6 is 0 Å². The van der Waals surface area contributed by atoms with Gasteiger partial charge in [0.2, 0.25) is 5.89 Å². The number of oxazole rings is 1. The summed E-state index contributed by atoms with van der Waals surface area (Å²) < 4.78 is 11.6. The number of hydrogen-bond acceptors (Lipinski definition) is 4. The second kappa shape index (κ2) is 10.6. The highest BCUT2D eigenvalue weighted by Crippen LogP contribution is 2.19. The summed E-state index contributed by atoms with van der Waals surface area (Å²) in [6.07, 6.45) is 1.04. The first-order chi connectivity index (χ1) is 13.0. The Labute approximate surface area is 162 Å². The molecule has 0 spiro atoms. The van der Waals surface area contributed by atoms with Crippen LogP contribution in [0.25, 0.3) is 0 Å². The van der Waals surface area contributed by atoms with Crippen LogP contribution in [0.4, 0.5) is 0 Å². The van der Waals surface area contributed by atoms with Crippen molar-refractivity contribution in [2.45, 2.75) is 54.1 Å². The number of hydrogen-bond donors (Lipinski definition) is 2. The molecule has 0 atom stereocenters. The number of ether oxygens (including phenoxy) is 1. The number of benzene rings is 1. The molecule has 6 nitrogen and oxygen atoms in total. The molecule has 2 aromatic rings. The van der Waals surface area contributed by atoms with E-state index in [0.29, 0.717) is 24.9 Å². The molecule has 0 aliphatic carbocycles. The first-order valence-corrected chi connectivity index (χ1v) is 9.65. The predicted molar refractivity (Wildman–Crippen MR) is 109 cm³/mol. The molecular formula is C21H32N4O2. The first kappa shape index (κ1) is 20.8. The molecule has 0 amide bonds. The summed E-state index contributed by atoms with van der Waals surface area (Å²) >= 11 is 0. The van der Waals surface area contributed by atoms with E-state index in [2.05, 4.69) is 40.5 Å². The number of aromatic nitrogens is 1. The Bertz CT molecular complexity index is 718. The third-order valence-corrected chi connectivity index (χ3v) is 4.16. The van der Waals surface area contributed by atoms with E-state index in [1.165, 1.54) is 0 Å². The topological polar surface area (TPSA) is 71.7 Å². The highest BCUT2D eigenvalue weighted by molar-refractivity contribution is 5.79. The van der Waals surface area contributed by atoms with Crippen molar-refractivity contribution in [1.29, 1.82) is 0 Å². The van der Waals surface area contributed by atoms with Gasteiger partial charge >= 0.3 is 0 Å². The molecule has 0 fully saturated rings. The molecule has 0 radical (unpaired) electrons. The summed E-state index contributed by atoms with van der Waals surface area (Å²) in [6, 6.07) is 8.07. The number of aliphatic imine (C=N–C) groups is 1. The lowest BCUT2D eigenvalue weighted by atomic mass is 10.1. The molecule has 1 aromatic carbocycles. The third-order valence-electron chi connectivity index (χ3n) is 4.16. The van der Waals surface area contributed by atoms with E-state index >= 15 is 0 Å². The Kier molecular flexibility index (Phi) is 8.17. The van der Waals surface area contributed by atoms with Gasteiger partial charge in [-0.15, -0.1) is 0 Å². The Balaban J connectivity index is 1.99. The van der Waals surface area contributed by atoms with Crippen LogP contribution in [-0.2, 0) is 13.1 Å². The van der Waals surface area contributed by atoms with Crippen LogP contribution in [0.2, 0.25) is 0 Å². The van der Waals surface area contributed by atoms with Gasteiger partial charge in [0.05, 0.1) is 25.4 Å². The van der Waals surface area contributed by atoms with Crippen molar-refractivity contribution in [3.05, 3.63) is 47.2 Å². The smallest absolute Gasteiger partial charge is 0.214 e. The van der Waals surface area contributed by atoms with E-state index in [9.17, 15) is 0 Å². The van der Waals surface area contributed by atoms with Gasteiger partial charge in [-0.05, 0) is 39.2 Å². The van der Waals surface area contributed by atoms with Gasteiger partial charge in [-0.1, -0.05) is 32.0 Å². The van der Waals surface area contributed by atoms with Gasteiger partial charge in [0, 0.05) is 12.1 Å². The van der Waals surface area contributed by atoms with Gasteiger partial charge < -0.3 is 19.8 Å². The molecule has 6 heteroatoms. The van der Waals surface area contributed by atoms with Crippen LogP contribution in [-0.4, -0.2) is 24.1 Å². The van der Waals surface area contributed by atoms with E-state index in [1.807, 2.05) is 39.0 Å². The Hall–Kier alpha value is -2.50. The van der Waals surface area contributed by atoms with Gasteiger partial charge in [0.1, 0.15) is 11.5 Å². The summed E-state index contributed by atoms with van der Waals surface area (Å²) in [5, 5.41) is 6.52. The van der Waals surface area contributed by atoms with E-state index in [-0.39, 0.29) is 0 Å². The fourth-order valence-electron chi connectivity index (χ4n) is 2.46. The monoisotopic (exact) mass is 372 g/mol. The third kappa shape index (κ3) is 6.96. The van der Waals surface area contributed by atoms with E-state index in [0.717, 1.165) is 48.3 Å². The average Bonchev–Trinajstić information content (AvgIpc) is 2.96. The van der Waals surface area contributed by atoms with E-state index < -0.39 is 0 Å². The summed E-state index contributed by atoms with van der Waals surface area (Å²) in [6.45, 7) is 12.8. The maximum Gasteiger partial charge on any atom is 0.214 e. The zero-order valence-electron chi connectivity index (χ0n) is 17.1. The highest BCUT2D eigenvalue weighted by atomic mass is 16.5. The van der Waals surface area contributed by atoms with Gasteiger partial charge in [-0.25, -0.2) is 9.98 Å². The molecule has 2 rings (SSSR count). The molecule has 1 aromatic heterocycles. The minimum absolute atomic E-state index is 0.493. The minimum Gasteiger partial charge on any atom is -0.493 e. The number of nitrogens with zero attached hydrogens (tertiary/aromatic N) is 2. The lowest BCUT2D eigenvalue weighted by Gasteiger charge is -2.13. The Morgan fingerprint density at radius 2 is 2.00 bits per heavy atom. The Morgan fingerprint density at radius 3 is 2.67 bits per heavy atom. The van der Waals surface area contributed by atoms with Crippen LogP contribution < -0.4 is 15.4 Å². The highest BCUT2D eigenvalue weighted by Gasteiger charge is 2.07. The van der Waals surface area contributed by atoms with Crippen LogP contribution in [0.3, 0.4) is 0 Å². The zero-order chi connectivity index (χ0) is 19.6. The quantitative estimate of drug-likeness (QED) is 0.515. The summed E-state index contributed by atoms with van der Waals surface area (Å²) in [4.78, 5) is 9.07. The molecule has 0 saturated carbocycles. The number of nitrogens with one attached hydrogen (secondary N) is 2. The maximum atomic E-state index is 5.95. The summed E-state index contributed by atoms with van der Waals surface area (Å²) in [5.41, 5.74) is 1.99. The van der Waals surface area contributed by atoms with Crippen molar-refractivity contribution in [3.63, 3.8) is 0 Å². The van der Waals surface area contributed by atoms with Crippen LogP contribution in [0.15, 0.2) is 33.7 Å². The number of rotatable bonds is 9. The molecule has 0 saturated heterocycles. The molecule has 0 unspecified atom stereocenters. The molecule has 148 valence electrons.